The summed E-state index contributed by atoms with van der Waals surface area (Å²) in [5.74, 6) is 0.825. The van der Waals surface area contributed by atoms with Gasteiger partial charge in [-0.15, -0.1) is 11.3 Å². The van der Waals surface area contributed by atoms with Gasteiger partial charge < -0.3 is 4.74 Å². The maximum atomic E-state index is 13.1. The molecule has 2 heterocycles. The Kier molecular flexibility index (Phi) is 4.52. The van der Waals surface area contributed by atoms with Crippen LogP contribution in [0.1, 0.15) is 16.9 Å². The standard InChI is InChI=1S/C18H17FN2O2S2/c1-21-17(22)15-13-6-3-7-14(13)25-16(15)20-18(21)24-9-8-23-12-5-2-4-11(19)10-12/h2,4-5,10H,3,6-9H2,1H3. The lowest BCUT2D eigenvalue weighted by Gasteiger charge is -2.09. The lowest BCUT2D eigenvalue weighted by molar-refractivity contribution is 0.342. The van der Waals surface area contributed by atoms with Crippen LogP contribution >= 0.6 is 23.1 Å². The summed E-state index contributed by atoms with van der Waals surface area (Å²) in [4.78, 5) is 19.6. The molecule has 2 aromatic heterocycles. The minimum atomic E-state index is -0.314. The molecule has 25 heavy (non-hydrogen) atoms. The summed E-state index contributed by atoms with van der Waals surface area (Å²) in [6, 6.07) is 6.08. The van der Waals surface area contributed by atoms with E-state index in [9.17, 15) is 9.18 Å². The fourth-order valence-electron chi connectivity index (χ4n) is 3.08. The van der Waals surface area contributed by atoms with Gasteiger partial charge in [0.15, 0.2) is 5.16 Å². The monoisotopic (exact) mass is 376 g/mol. The van der Waals surface area contributed by atoms with E-state index in [1.165, 1.54) is 34.3 Å². The molecule has 0 atom stereocenters. The molecule has 0 N–H and O–H groups in total. The molecule has 1 aliphatic rings. The number of aromatic nitrogens is 2. The van der Waals surface area contributed by atoms with Crippen molar-refractivity contribution in [2.45, 2.75) is 24.4 Å². The van der Waals surface area contributed by atoms with E-state index in [1.807, 2.05) is 0 Å². The van der Waals surface area contributed by atoms with E-state index >= 15 is 0 Å². The van der Waals surface area contributed by atoms with Crippen LogP contribution in [-0.2, 0) is 19.9 Å². The van der Waals surface area contributed by atoms with Crippen molar-refractivity contribution in [1.29, 1.82) is 0 Å². The number of fused-ring (bicyclic) bond motifs is 3. The molecule has 130 valence electrons. The summed E-state index contributed by atoms with van der Waals surface area (Å²) in [6.45, 7) is 0.420. The van der Waals surface area contributed by atoms with Crippen molar-refractivity contribution in [3.05, 3.63) is 50.9 Å². The summed E-state index contributed by atoms with van der Waals surface area (Å²) < 4.78 is 20.3. The van der Waals surface area contributed by atoms with Gasteiger partial charge in [-0.05, 0) is 37.0 Å². The minimum absolute atomic E-state index is 0.0398. The number of halogens is 1. The molecule has 4 rings (SSSR count). The molecule has 3 aromatic rings. The van der Waals surface area contributed by atoms with Crippen LogP contribution in [0.15, 0.2) is 34.2 Å². The summed E-state index contributed by atoms with van der Waals surface area (Å²) in [6.07, 6.45) is 3.18. The molecular weight excluding hydrogens is 359 g/mol. The van der Waals surface area contributed by atoms with Crippen LogP contribution in [0.25, 0.3) is 10.2 Å². The maximum Gasteiger partial charge on any atom is 0.262 e. The first-order valence-corrected chi connectivity index (χ1v) is 9.96. The van der Waals surface area contributed by atoms with Crippen LogP contribution in [0, 0.1) is 5.82 Å². The molecule has 1 aromatic carbocycles. The number of benzene rings is 1. The van der Waals surface area contributed by atoms with E-state index in [-0.39, 0.29) is 11.4 Å². The van der Waals surface area contributed by atoms with Crippen molar-refractivity contribution >= 4 is 33.3 Å². The normalized spacial score (nSPS) is 13.4. The molecule has 0 saturated heterocycles. The largest absolute Gasteiger partial charge is 0.493 e. The lowest BCUT2D eigenvalue weighted by Crippen LogP contribution is -2.20. The number of nitrogens with zero attached hydrogens (tertiary/aromatic N) is 2. The first kappa shape index (κ1) is 16.6. The van der Waals surface area contributed by atoms with Gasteiger partial charge in [0.05, 0.1) is 12.0 Å². The van der Waals surface area contributed by atoms with E-state index in [4.69, 9.17) is 4.74 Å². The second-order valence-electron chi connectivity index (χ2n) is 5.95. The van der Waals surface area contributed by atoms with E-state index in [0.29, 0.717) is 23.3 Å². The van der Waals surface area contributed by atoms with E-state index in [0.717, 1.165) is 29.5 Å². The number of thiophene rings is 1. The van der Waals surface area contributed by atoms with Crippen LogP contribution in [0.3, 0.4) is 0 Å². The Balaban J connectivity index is 1.48. The van der Waals surface area contributed by atoms with Gasteiger partial charge in [-0.2, -0.15) is 0 Å². The van der Waals surface area contributed by atoms with Crippen molar-refractivity contribution in [2.75, 3.05) is 12.4 Å². The van der Waals surface area contributed by atoms with Crippen molar-refractivity contribution in [3.63, 3.8) is 0 Å². The molecule has 0 fully saturated rings. The minimum Gasteiger partial charge on any atom is -0.493 e. The summed E-state index contributed by atoms with van der Waals surface area (Å²) in [5.41, 5.74) is 1.25. The highest BCUT2D eigenvalue weighted by molar-refractivity contribution is 7.99. The van der Waals surface area contributed by atoms with E-state index in [1.54, 1.807) is 35.1 Å². The topological polar surface area (TPSA) is 44.1 Å². The molecule has 1 aliphatic carbocycles. The number of ether oxygens (including phenoxy) is 1. The Morgan fingerprint density at radius 3 is 3.12 bits per heavy atom. The Morgan fingerprint density at radius 2 is 2.28 bits per heavy atom. The highest BCUT2D eigenvalue weighted by Gasteiger charge is 2.22. The van der Waals surface area contributed by atoms with Gasteiger partial charge in [0.1, 0.15) is 16.4 Å². The molecule has 0 saturated carbocycles. The molecule has 0 aliphatic heterocycles. The lowest BCUT2D eigenvalue weighted by atomic mass is 10.2. The quantitative estimate of drug-likeness (QED) is 0.386. The highest BCUT2D eigenvalue weighted by atomic mass is 32.2. The van der Waals surface area contributed by atoms with Crippen LogP contribution in [0.4, 0.5) is 4.39 Å². The fourth-order valence-corrected chi connectivity index (χ4v) is 5.18. The Labute approximate surface area is 152 Å². The van der Waals surface area contributed by atoms with Gasteiger partial charge in [0.25, 0.3) is 5.56 Å². The number of hydrogen-bond acceptors (Lipinski definition) is 5. The Bertz CT molecular complexity index is 997. The zero-order chi connectivity index (χ0) is 17.4. The van der Waals surface area contributed by atoms with E-state index < -0.39 is 0 Å². The molecule has 4 nitrogen and oxygen atoms in total. The van der Waals surface area contributed by atoms with Crippen LogP contribution in [0.5, 0.6) is 5.75 Å². The molecule has 0 amide bonds. The Hall–Kier alpha value is -1.86. The average molecular weight is 376 g/mol. The SMILES string of the molecule is Cn1c(SCCOc2cccc(F)c2)nc2sc3c(c2c1=O)CCC3. The summed E-state index contributed by atoms with van der Waals surface area (Å²) in [5, 5.41) is 1.50. The zero-order valence-corrected chi connectivity index (χ0v) is 15.4. The summed E-state index contributed by atoms with van der Waals surface area (Å²) in [7, 11) is 1.77. The number of aryl methyl sites for hydroxylation is 2. The average Bonchev–Trinajstić information content (AvgIpc) is 3.16. The highest BCUT2D eigenvalue weighted by Crippen LogP contribution is 2.35. The van der Waals surface area contributed by atoms with Gasteiger partial charge in [0, 0.05) is 23.7 Å². The van der Waals surface area contributed by atoms with Gasteiger partial charge in [0.2, 0.25) is 0 Å². The number of rotatable bonds is 5. The van der Waals surface area contributed by atoms with Crippen LogP contribution < -0.4 is 10.3 Å². The molecule has 0 unspecified atom stereocenters. The van der Waals surface area contributed by atoms with Gasteiger partial charge >= 0.3 is 0 Å². The molecule has 0 bridgehead atoms. The van der Waals surface area contributed by atoms with E-state index in [2.05, 4.69) is 4.98 Å². The van der Waals surface area contributed by atoms with Crippen LogP contribution in [-0.4, -0.2) is 21.9 Å². The van der Waals surface area contributed by atoms with Crippen LogP contribution in [0.2, 0.25) is 0 Å². The third kappa shape index (κ3) is 3.18. The molecule has 0 radical (unpaired) electrons. The summed E-state index contributed by atoms with van der Waals surface area (Å²) >= 11 is 3.13. The Morgan fingerprint density at radius 1 is 1.40 bits per heavy atom. The number of hydrogen-bond donors (Lipinski definition) is 0. The molecule has 7 heteroatoms. The predicted molar refractivity (Wildman–Crippen MR) is 99.5 cm³/mol. The second-order valence-corrected chi connectivity index (χ2v) is 8.10. The fraction of sp³-hybridized carbons (Fsp3) is 0.333. The van der Waals surface area contributed by atoms with Gasteiger partial charge in [-0.1, -0.05) is 17.8 Å². The molecule has 0 spiro atoms. The number of thioether (sulfide) groups is 1. The zero-order valence-electron chi connectivity index (χ0n) is 13.8. The van der Waals surface area contributed by atoms with Crippen molar-refractivity contribution in [2.24, 2.45) is 7.05 Å². The van der Waals surface area contributed by atoms with Crippen molar-refractivity contribution in [3.8, 4) is 5.75 Å². The third-order valence-corrected chi connectivity index (χ3v) is 6.46. The van der Waals surface area contributed by atoms with Crippen molar-refractivity contribution < 1.29 is 9.13 Å². The molecular formula is C18H17FN2O2S2. The first-order chi connectivity index (χ1) is 12.1. The van der Waals surface area contributed by atoms with Crippen molar-refractivity contribution in [1.82, 2.24) is 9.55 Å². The predicted octanol–water partition coefficient (Wildman–Crippen LogP) is 3.79. The second kappa shape index (κ2) is 6.80. The van der Waals surface area contributed by atoms with Gasteiger partial charge in [-0.25, -0.2) is 9.37 Å². The third-order valence-electron chi connectivity index (χ3n) is 4.28. The smallest absolute Gasteiger partial charge is 0.262 e. The van der Waals surface area contributed by atoms with Gasteiger partial charge in [-0.3, -0.25) is 9.36 Å². The first-order valence-electron chi connectivity index (χ1n) is 8.16. The maximum absolute atomic E-state index is 13.1.